The summed E-state index contributed by atoms with van der Waals surface area (Å²) in [6.07, 6.45) is 3.83. The van der Waals surface area contributed by atoms with Gasteiger partial charge in [0.2, 0.25) is 21.8 Å². The largest absolute Gasteiger partial charge is 0.326 e. The third kappa shape index (κ3) is 4.36. The maximum atomic E-state index is 13.5. The SMILES string of the molecule is Cc1cccc(NC(=O)C2CCCN(S(=O)(=O)c3ccc4c(c3)CC(C)N4C(=O)C3CC3)C2)c1. The molecule has 0 bridgehead atoms. The van der Waals surface area contributed by atoms with E-state index in [1.54, 1.807) is 18.2 Å². The summed E-state index contributed by atoms with van der Waals surface area (Å²) < 4.78 is 28.4. The zero-order valence-electron chi connectivity index (χ0n) is 19.7. The fourth-order valence-electron chi connectivity index (χ4n) is 5.12. The number of benzene rings is 2. The van der Waals surface area contributed by atoms with Crippen LogP contribution in [0.15, 0.2) is 47.4 Å². The lowest BCUT2D eigenvalue weighted by atomic mass is 9.98. The van der Waals surface area contributed by atoms with Gasteiger partial charge in [0.25, 0.3) is 0 Å². The van der Waals surface area contributed by atoms with Crippen molar-refractivity contribution in [2.75, 3.05) is 23.3 Å². The van der Waals surface area contributed by atoms with Crippen molar-refractivity contribution < 1.29 is 18.0 Å². The molecule has 2 amide bonds. The van der Waals surface area contributed by atoms with Gasteiger partial charge in [0.1, 0.15) is 0 Å². The molecule has 1 saturated heterocycles. The number of aryl methyl sites for hydroxylation is 1. The second-order valence-corrected chi connectivity index (χ2v) is 11.8. The van der Waals surface area contributed by atoms with E-state index in [2.05, 4.69) is 5.32 Å². The Morgan fingerprint density at radius 1 is 1.03 bits per heavy atom. The van der Waals surface area contributed by atoms with Crippen molar-refractivity contribution in [2.45, 2.75) is 56.9 Å². The van der Waals surface area contributed by atoms with Crippen LogP contribution in [0.1, 0.15) is 43.7 Å². The number of carbonyl (C=O) groups excluding carboxylic acids is 2. The quantitative estimate of drug-likeness (QED) is 0.705. The lowest BCUT2D eigenvalue weighted by molar-refractivity contribution is -0.121. The van der Waals surface area contributed by atoms with Crippen molar-refractivity contribution in [3.8, 4) is 0 Å². The van der Waals surface area contributed by atoms with Gasteiger partial charge in [-0.1, -0.05) is 12.1 Å². The standard InChI is InChI=1S/C26H31N3O4S/c1-17-5-3-7-22(13-17)27-25(30)20-6-4-12-28(16-20)34(32,33)23-10-11-24-21(15-23)14-18(2)29(24)26(31)19-8-9-19/h3,5,7,10-11,13,15,18-20H,4,6,8-9,12,14,16H2,1-2H3,(H,27,30). The number of hydrogen-bond acceptors (Lipinski definition) is 4. The normalized spacial score (nSPS) is 22.9. The first-order valence-corrected chi connectivity index (χ1v) is 13.5. The average molecular weight is 482 g/mol. The highest BCUT2D eigenvalue weighted by Gasteiger charge is 2.40. The number of nitrogens with one attached hydrogen (secondary N) is 1. The van der Waals surface area contributed by atoms with Gasteiger partial charge in [-0.3, -0.25) is 9.59 Å². The predicted octanol–water partition coefficient (Wildman–Crippen LogP) is 3.72. The number of piperidine rings is 1. The average Bonchev–Trinajstić information content (AvgIpc) is 3.60. The number of fused-ring (bicyclic) bond motifs is 1. The van der Waals surface area contributed by atoms with Crippen LogP contribution in [0.25, 0.3) is 0 Å². The highest BCUT2D eigenvalue weighted by molar-refractivity contribution is 7.89. The number of hydrogen-bond donors (Lipinski definition) is 1. The number of nitrogens with zero attached hydrogens (tertiary/aromatic N) is 2. The Morgan fingerprint density at radius 2 is 1.82 bits per heavy atom. The Hall–Kier alpha value is -2.71. The molecule has 0 radical (unpaired) electrons. The number of carbonyl (C=O) groups is 2. The van der Waals surface area contributed by atoms with Crippen LogP contribution in [0, 0.1) is 18.8 Å². The first-order chi connectivity index (χ1) is 16.2. The van der Waals surface area contributed by atoms with E-state index < -0.39 is 15.9 Å². The summed E-state index contributed by atoms with van der Waals surface area (Å²) in [4.78, 5) is 27.7. The number of rotatable bonds is 5. The molecule has 2 unspecified atom stereocenters. The lowest BCUT2D eigenvalue weighted by Crippen LogP contribution is -2.43. The third-order valence-electron chi connectivity index (χ3n) is 7.11. The second-order valence-electron chi connectivity index (χ2n) is 9.89. The van der Waals surface area contributed by atoms with Crippen molar-refractivity contribution in [2.24, 2.45) is 11.8 Å². The van der Waals surface area contributed by atoms with Gasteiger partial charge in [0.05, 0.1) is 10.8 Å². The molecule has 0 spiro atoms. The molecule has 2 aliphatic heterocycles. The van der Waals surface area contributed by atoms with Crippen molar-refractivity contribution in [3.63, 3.8) is 0 Å². The van der Waals surface area contributed by atoms with E-state index >= 15 is 0 Å². The van der Waals surface area contributed by atoms with Gasteiger partial charge in [-0.25, -0.2) is 8.42 Å². The molecule has 2 fully saturated rings. The number of amides is 2. The minimum absolute atomic E-state index is 0.0331. The zero-order valence-corrected chi connectivity index (χ0v) is 20.5. The Bertz CT molecular complexity index is 1240. The Morgan fingerprint density at radius 3 is 2.56 bits per heavy atom. The molecule has 34 heavy (non-hydrogen) atoms. The van der Waals surface area contributed by atoms with Crippen LogP contribution in [0.4, 0.5) is 11.4 Å². The molecule has 1 N–H and O–H groups in total. The minimum atomic E-state index is -3.74. The minimum Gasteiger partial charge on any atom is -0.326 e. The van der Waals surface area contributed by atoms with E-state index in [1.165, 1.54) is 4.31 Å². The third-order valence-corrected chi connectivity index (χ3v) is 8.97. The highest BCUT2D eigenvalue weighted by Crippen LogP contribution is 2.40. The maximum absolute atomic E-state index is 13.5. The van der Waals surface area contributed by atoms with Gasteiger partial charge in [-0.05, 0) is 87.4 Å². The monoisotopic (exact) mass is 481 g/mol. The van der Waals surface area contributed by atoms with E-state index in [-0.39, 0.29) is 35.2 Å². The molecule has 3 aliphatic rings. The van der Waals surface area contributed by atoms with Crippen molar-refractivity contribution in [1.29, 1.82) is 0 Å². The fourth-order valence-corrected chi connectivity index (χ4v) is 6.70. The summed E-state index contributed by atoms with van der Waals surface area (Å²) in [7, 11) is -3.74. The summed E-state index contributed by atoms with van der Waals surface area (Å²) in [5.41, 5.74) is 3.50. The zero-order chi connectivity index (χ0) is 24.0. The number of anilines is 2. The molecule has 2 heterocycles. The van der Waals surface area contributed by atoms with Crippen LogP contribution in [-0.4, -0.2) is 43.7 Å². The van der Waals surface area contributed by atoms with Gasteiger partial charge in [-0.2, -0.15) is 4.31 Å². The van der Waals surface area contributed by atoms with Crippen molar-refractivity contribution in [1.82, 2.24) is 4.31 Å². The van der Waals surface area contributed by atoms with E-state index in [0.29, 0.717) is 25.8 Å². The van der Waals surface area contributed by atoms with Gasteiger partial charge >= 0.3 is 0 Å². The molecular weight excluding hydrogens is 450 g/mol. The van der Waals surface area contributed by atoms with Crippen LogP contribution in [0.3, 0.4) is 0 Å². The Kier molecular flexibility index (Phi) is 5.98. The van der Waals surface area contributed by atoms with E-state index in [9.17, 15) is 18.0 Å². The van der Waals surface area contributed by atoms with Crippen LogP contribution in [0.5, 0.6) is 0 Å². The summed E-state index contributed by atoms with van der Waals surface area (Å²) in [5.74, 6) is -0.277. The number of sulfonamides is 1. The Balaban J connectivity index is 1.32. The second kappa shape index (κ2) is 8.82. The highest BCUT2D eigenvalue weighted by atomic mass is 32.2. The smallest absolute Gasteiger partial charge is 0.243 e. The Labute approximate surface area is 201 Å². The summed E-state index contributed by atoms with van der Waals surface area (Å²) in [6, 6.07) is 12.7. The van der Waals surface area contributed by atoms with Crippen molar-refractivity contribution >= 4 is 33.2 Å². The lowest BCUT2D eigenvalue weighted by Gasteiger charge is -2.31. The molecule has 180 valence electrons. The summed E-state index contributed by atoms with van der Waals surface area (Å²) in [6.45, 7) is 4.54. The predicted molar refractivity (Wildman–Crippen MR) is 131 cm³/mol. The summed E-state index contributed by atoms with van der Waals surface area (Å²) >= 11 is 0. The molecule has 1 aliphatic carbocycles. The molecule has 2 atom stereocenters. The van der Waals surface area contributed by atoms with Crippen LogP contribution < -0.4 is 10.2 Å². The maximum Gasteiger partial charge on any atom is 0.243 e. The molecule has 0 aromatic heterocycles. The molecular formula is C26H31N3O4S. The van der Waals surface area contributed by atoms with Gasteiger partial charge in [-0.15, -0.1) is 0 Å². The van der Waals surface area contributed by atoms with E-state index in [0.717, 1.165) is 35.3 Å². The first kappa shape index (κ1) is 23.1. The topological polar surface area (TPSA) is 86.8 Å². The van der Waals surface area contributed by atoms with Gasteiger partial charge < -0.3 is 10.2 Å². The molecule has 8 heteroatoms. The van der Waals surface area contributed by atoms with Gasteiger partial charge in [0.15, 0.2) is 0 Å². The first-order valence-electron chi connectivity index (χ1n) is 12.1. The van der Waals surface area contributed by atoms with E-state index in [4.69, 9.17) is 0 Å². The van der Waals surface area contributed by atoms with Gasteiger partial charge in [0, 0.05) is 36.4 Å². The summed E-state index contributed by atoms with van der Waals surface area (Å²) in [5, 5.41) is 2.93. The van der Waals surface area contributed by atoms with E-state index in [1.807, 2.05) is 43.0 Å². The molecule has 7 nitrogen and oxygen atoms in total. The molecule has 2 aromatic rings. The molecule has 1 saturated carbocycles. The van der Waals surface area contributed by atoms with Crippen LogP contribution in [0.2, 0.25) is 0 Å². The molecule has 2 aromatic carbocycles. The molecule has 5 rings (SSSR count). The van der Waals surface area contributed by atoms with Crippen LogP contribution in [-0.2, 0) is 26.0 Å². The fraction of sp³-hybridized carbons (Fsp3) is 0.462. The van der Waals surface area contributed by atoms with Crippen LogP contribution >= 0.6 is 0 Å². The van der Waals surface area contributed by atoms with Crippen molar-refractivity contribution in [3.05, 3.63) is 53.6 Å².